The molecule has 0 aromatic carbocycles. The van der Waals surface area contributed by atoms with Gasteiger partial charge in [-0.1, -0.05) is 6.08 Å². The number of fused-ring (bicyclic) bond motifs is 1. The molecule has 3 rings (SSSR count). The Bertz CT molecular complexity index is 735. The standard InChI is InChI=1S/C12H9BrN2S4/c1-3-6(16-2)11-9-10(15-19-14-9)12(18-11)7-4-5-8(13)17-7/h3-5H,1-2H3/b6-3-. The first-order chi connectivity index (χ1) is 9.24. The number of rotatable bonds is 3. The first kappa shape index (κ1) is 13.8. The van der Waals surface area contributed by atoms with Crippen LogP contribution < -0.4 is 0 Å². The minimum Gasteiger partial charge on any atom is -0.171 e. The van der Waals surface area contributed by atoms with Crippen LogP contribution in [0.1, 0.15) is 11.8 Å². The third kappa shape index (κ3) is 2.42. The zero-order chi connectivity index (χ0) is 13.4. The summed E-state index contributed by atoms with van der Waals surface area (Å²) in [6, 6.07) is 4.22. The van der Waals surface area contributed by atoms with E-state index < -0.39 is 0 Å². The van der Waals surface area contributed by atoms with E-state index in [9.17, 15) is 0 Å². The van der Waals surface area contributed by atoms with Crippen molar-refractivity contribution in [3.63, 3.8) is 0 Å². The summed E-state index contributed by atoms with van der Waals surface area (Å²) in [7, 11) is 0. The van der Waals surface area contributed by atoms with Gasteiger partial charge in [-0.25, -0.2) is 0 Å². The number of nitrogens with zero attached hydrogens (tertiary/aromatic N) is 2. The molecule has 0 saturated heterocycles. The molecule has 1 aliphatic heterocycles. The molecule has 0 radical (unpaired) electrons. The third-order valence-electron chi connectivity index (χ3n) is 2.63. The second-order valence-corrected chi connectivity index (χ2v) is 8.54. The average molecular weight is 389 g/mol. The van der Waals surface area contributed by atoms with Crippen molar-refractivity contribution < 1.29 is 0 Å². The van der Waals surface area contributed by atoms with Crippen LogP contribution in [0.15, 0.2) is 30.7 Å². The van der Waals surface area contributed by atoms with Gasteiger partial charge in [-0.05, 0) is 41.2 Å². The van der Waals surface area contributed by atoms with Crippen molar-refractivity contribution in [3.8, 4) is 9.75 Å². The summed E-state index contributed by atoms with van der Waals surface area (Å²) in [5, 5.41) is 0. The topological polar surface area (TPSA) is 24.7 Å². The van der Waals surface area contributed by atoms with Crippen LogP contribution >= 0.6 is 50.4 Å². The Labute approximate surface area is 136 Å². The fourth-order valence-corrected chi connectivity index (χ4v) is 6.01. The third-order valence-corrected chi connectivity index (χ3v) is 7.17. The highest BCUT2D eigenvalue weighted by Crippen LogP contribution is 2.54. The van der Waals surface area contributed by atoms with Crippen molar-refractivity contribution in [1.82, 2.24) is 0 Å². The van der Waals surface area contributed by atoms with E-state index in [1.54, 1.807) is 34.4 Å². The van der Waals surface area contributed by atoms with Crippen LogP contribution in [-0.4, -0.2) is 6.26 Å². The van der Waals surface area contributed by atoms with Crippen molar-refractivity contribution in [2.24, 2.45) is 8.73 Å². The van der Waals surface area contributed by atoms with Crippen LogP contribution in [0.3, 0.4) is 0 Å². The normalized spacial score (nSPS) is 13.7. The SMILES string of the molecule is C/C=C(\SC)c1sc(-c2ccc(Br)s2)c2c1N=S=N2. The molecule has 2 aromatic heterocycles. The number of thioether (sulfide) groups is 1. The van der Waals surface area contributed by atoms with E-state index in [2.05, 4.69) is 56.0 Å². The minimum absolute atomic E-state index is 1.03. The summed E-state index contributed by atoms with van der Waals surface area (Å²) in [6.07, 6.45) is 4.24. The molecular weight excluding hydrogens is 380 g/mol. The molecule has 0 atom stereocenters. The number of hydrogen-bond donors (Lipinski definition) is 0. The number of hydrogen-bond acceptors (Lipinski definition) is 5. The molecule has 3 heterocycles. The molecule has 0 amide bonds. The zero-order valence-corrected chi connectivity index (χ0v) is 15.0. The van der Waals surface area contributed by atoms with Crippen molar-refractivity contribution in [1.29, 1.82) is 0 Å². The van der Waals surface area contributed by atoms with Gasteiger partial charge in [-0.2, -0.15) is 8.73 Å². The Morgan fingerprint density at radius 3 is 2.68 bits per heavy atom. The second-order valence-electron chi connectivity index (χ2n) is 3.68. The smallest absolute Gasteiger partial charge is 0.124 e. The molecule has 7 heteroatoms. The molecule has 0 N–H and O–H groups in total. The van der Waals surface area contributed by atoms with Gasteiger partial charge in [0.25, 0.3) is 0 Å². The van der Waals surface area contributed by atoms with E-state index in [-0.39, 0.29) is 0 Å². The van der Waals surface area contributed by atoms with Gasteiger partial charge in [-0.3, -0.25) is 0 Å². The largest absolute Gasteiger partial charge is 0.171 e. The van der Waals surface area contributed by atoms with E-state index in [1.807, 2.05) is 0 Å². The molecule has 0 fully saturated rings. The molecule has 2 aromatic rings. The van der Waals surface area contributed by atoms with Gasteiger partial charge < -0.3 is 0 Å². The van der Waals surface area contributed by atoms with Crippen LogP contribution in [0.4, 0.5) is 11.4 Å². The number of thiophene rings is 2. The van der Waals surface area contributed by atoms with Gasteiger partial charge in [0.05, 0.1) is 24.9 Å². The summed E-state index contributed by atoms with van der Waals surface area (Å²) >= 11 is 10.1. The lowest BCUT2D eigenvalue weighted by Crippen LogP contribution is -1.71. The molecule has 0 aliphatic carbocycles. The Kier molecular flexibility index (Phi) is 4.09. The van der Waals surface area contributed by atoms with Gasteiger partial charge in [0.15, 0.2) is 0 Å². The lowest BCUT2D eigenvalue weighted by molar-refractivity contribution is 1.60. The lowest BCUT2D eigenvalue weighted by Gasteiger charge is -1.99. The first-order valence-electron chi connectivity index (χ1n) is 5.46. The van der Waals surface area contributed by atoms with Gasteiger partial charge in [0.2, 0.25) is 0 Å². The van der Waals surface area contributed by atoms with Crippen LogP contribution in [0.2, 0.25) is 0 Å². The van der Waals surface area contributed by atoms with Gasteiger partial charge in [0, 0.05) is 9.78 Å². The predicted molar refractivity (Wildman–Crippen MR) is 94.0 cm³/mol. The van der Waals surface area contributed by atoms with Gasteiger partial charge in [-0.15, -0.1) is 34.4 Å². The van der Waals surface area contributed by atoms with Crippen molar-refractivity contribution in [2.75, 3.05) is 6.26 Å². The number of halogens is 1. The van der Waals surface area contributed by atoms with Crippen LogP contribution in [0.5, 0.6) is 0 Å². The first-order valence-corrected chi connectivity index (χ1v) is 9.84. The monoisotopic (exact) mass is 388 g/mol. The minimum atomic E-state index is 1.03. The maximum absolute atomic E-state index is 4.47. The fraction of sp³-hybridized carbons (Fsp3) is 0.167. The summed E-state index contributed by atoms with van der Waals surface area (Å²) in [5.41, 5.74) is 2.07. The molecule has 0 saturated carbocycles. The molecule has 98 valence electrons. The molecule has 0 unspecified atom stereocenters. The Morgan fingerprint density at radius 2 is 2.05 bits per heavy atom. The highest BCUT2D eigenvalue weighted by molar-refractivity contribution is 9.11. The molecule has 2 nitrogen and oxygen atoms in total. The van der Waals surface area contributed by atoms with Crippen molar-refractivity contribution in [2.45, 2.75) is 6.92 Å². The second kappa shape index (κ2) is 5.65. The molecule has 0 spiro atoms. The zero-order valence-electron chi connectivity index (χ0n) is 10.1. The summed E-state index contributed by atoms with van der Waals surface area (Å²) in [4.78, 5) is 4.98. The predicted octanol–water partition coefficient (Wildman–Crippen LogP) is 6.69. The van der Waals surface area contributed by atoms with E-state index in [0.29, 0.717) is 0 Å². The summed E-state index contributed by atoms with van der Waals surface area (Å²) in [6.45, 7) is 2.07. The maximum Gasteiger partial charge on any atom is 0.124 e. The van der Waals surface area contributed by atoms with Crippen LogP contribution in [-0.2, 0) is 11.4 Å². The van der Waals surface area contributed by atoms with Crippen molar-refractivity contribution in [3.05, 3.63) is 26.9 Å². The van der Waals surface area contributed by atoms with Crippen LogP contribution in [0, 0.1) is 0 Å². The van der Waals surface area contributed by atoms with Gasteiger partial charge in [0.1, 0.15) is 11.4 Å². The fourth-order valence-electron chi connectivity index (χ4n) is 1.80. The molecule has 1 aliphatic rings. The summed E-state index contributed by atoms with van der Waals surface area (Å²) < 4.78 is 10.1. The maximum atomic E-state index is 4.47. The van der Waals surface area contributed by atoms with Crippen LogP contribution in [0.25, 0.3) is 14.7 Å². The highest BCUT2D eigenvalue weighted by Gasteiger charge is 2.23. The van der Waals surface area contributed by atoms with E-state index in [1.165, 1.54) is 30.9 Å². The van der Waals surface area contributed by atoms with E-state index >= 15 is 0 Å². The molecule has 19 heavy (non-hydrogen) atoms. The van der Waals surface area contributed by atoms with E-state index in [4.69, 9.17) is 0 Å². The Balaban J connectivity index is 2.19. The Hall–Kier alpha value is -0.210. The molecule has 0 bridgehead atoms. The quantitative estimate of drug-likeness (QED) is 0.490. The number of allylic oxidation sites excluding steroid dienone is 1. The Morgan fingerprint density at radius 1 is 1.26 bits per heavy atom. The lowest BCUT2D eigenvalue weighted by atomic mass is 10.2. The van der Waals surface area contributed by atoms with Crippen molar-refractivity contribution >= 4 is 78.0 Å². The molecular formula is C12H9BrN2S4. The summed E-state index contributed by atoms with van der Waals surface area (Å²) in [5.74, 6) is 0. The average Bonchev–Trinajstić information content (AvgIpc) is 3.08. The highest BCUT2D eigenvalue weighted by atomic mass is 79.9. The van der Waals surface area contributed by atoms with E-state index in [0.717, 1.165) is 15.2 Å². The van der Waals surface area contributed by atoms with Gasteiger partial charge >= 0.3 is 0 Å².